The lowest BCUT2D eigenvalue weighted by Crippen LogP contribution is -2.29. The van der Waals surface area contributed by atoms with Gasteiger partial charge >= 0.3 is 5.97 Å². The number of hydrogen-bond donors (Lipinski definition) is 2. The molecular formula is C23H27F2N7O4. The van der Waals surface area contributed by atoms with E-state index in [4.69, 9.17) is 9.47 Å². The number of aryl methyl sites for hydroxylation is 2. The number of aromatic nitrogens is 6. The number of carboxylic acids is 1. The van der Waals surface area contributed by atoms with Gasteiger partial charge in [0, 0.05) is 19.3 Å². The van der Waals surface area contributed by atoms with Gasteiger partial charge in [0.1, 0.15) is 11.4 Å². The van der Waals surface area contributed by atoms with E-state index in [-0.39, 0.29) is 30.4 Å². The van der Waals surface area contributed by atoms with Crippen LogP contribution in [0.15, 0.2) is 24.4 Å². The van der Waals surface area contributed by atoms with Gasteiger partial charge in [0.2, 0.25) is 11.8 Å². The summed E-state index contributed by atoms with van der Waals surface area (Å²) in [5, 5.41) is 20.7. The van der Waals surface area contributed by atoms with Crippen molar-refractivity contribution in [2.75, 3.05) is 11.9 Å². The van der Waals surface area contributed by atoms with Crippen molar-refractivity contribution in [2.24, 2.45) is 13.0 Å². The van der Waals surface area contributed by atoms with E-state index < -0.39 is 19.0 Å². The molecule has 0 bridgehead atoms. The van der Waals surface area contributed by atoms with Gasteiger partial charge in [-0.25, -0.2) is 23.4 Å². The summed E-state index contributed by atoms with van der Waals surface area (Å²) in [7, 11) is 1.74. The Morgan fingerprint density at radius 1 is 1.28 bits per heavy atom. The molecule has 0 aromatic carbocycles. The molecule has 11 nitrogen and oxygen atoms in total. The molecule has 2 N–H and O–H groups in total. The zero-order valence-electron chi connectivity index (χ0n) is 19.9. The fourth-order valence-corrected chi connectivity index (χ4v) is 4.05. The molecule has 192 valence electrons. The Balaban J connectivity index is 1.44. The monoisotopic (exact) mass is 503 g/mol. The lowest BCUT2D eigenvalue weighted by Gasteiger charge is -2.27. The number of nitrogens with one attached hydrogen (secondary N) is 1. The maximum absolute atomic E-state index is 12.4. The maximum Gasteiger partial charge on any atom is 0.306 e. The topological polar surface area (TPSA) is 137 Å². The Kier molecular flexibility index (Phi) is 7.86. The van der Waals surface area contributed by atoms with Gasteiger partial charge in [0.25, 0.3) is 6.43 Å². The molecule has 3 heterocycles. The number of carbonyl (C=O) groups is 1. The van der Waals surface area contributed by atoms with Crippen LogP contribution in [0.4, 0.5) is 14.7 Å². The van der Waals surface area contributed by atoms with Gasteiger partial charge in [-0.2, -0.15) is 4.98 Å². The van der Waals surface area contributed by atoms with Gasteiger partial charge in [-0.1, -0.05) is 5.21 Å². The zero-order chi connectivity index (χ0) is 25.7. The molecule has 0 aliphatic heterocycles. The smallest absolute Gasteiger partial charge is 0.306 e. The van der Waals surface area contributed by atoms with Gasteiger partial charge in [-0.15, -0.1) is 5.10 Å². The van der Waals surface area contributed by atoms with E-state index in [1.165, 1.54) is 12.3 Å². The summed E-state index contributed by atoms with van der Waals surface area (Å²) in [5.74, 6) is -0.320. The molecule has 0 spiro atoms. The summed E-state index contributed by atoms with van der Waals surface area (Å²) in [4.78, 5) is 24.1. The third-order valence-corrected chi connectivity index (χ3v) is 5.89. The maximum atomic E-state index is 12.4. The Morgan fingerprint density at radius 2 is 2.11 bits per heavy atom. The number of carboxylic acid groups (broad SMARTS) is 1. The third-order valence-electron chi connectivity index (χ3n) is 5.89. The van der Waals surface area contributed by atoms with Crippen molar-refractivity contribution in [2.45, 2.75) is 51.7 Å². The van der Waals surface area contributed by atoms with Crippen LogP contribution in [0.25, 0.3) is 11.4 Å². The number of anilines is 1. The summed E-state index contributed by atoms with van der Waals surface area (Å²) in [6.07, 6.45) is 1.42. The second-order valence-corrected chi connectivity index (χ2v) is 8.50. The van der Waals surface area contributed by atoms with E-state index in [0.717, 1.165) is 12.8 Å². The van der Waals surface area contributed by atoms with Crippen molar-refractivity contribution in [1.29, 1.82) is 0 Å². The predicted molar refractivity (Wildman–Crippen MR) is 124 cm³/mol. The minimum atomic E-state index is -2.60. The molecule has 13 heteroatoms. The number of pyridine rings is 1. The minimum Gasteiger partial charge on any atom is -0.489 e. The van der Waals surface area contributed by atoms with Crippen LogP contribution in [0.3, 0.4) is 0 Å². The normalized spacial score (nSPS) is 17.7. The van der Waals surface area contributed by atoms with Crippen molar-refractivity contribution in [1.82, 2.24) is 29.9 Å². The number of rotatable bonds is 10. The minimum absolute atomic E-state index is 0.0386. The Morgan fingerprint density at radius 3 is 2.86 bits per heavy atom. The highest BCUT2D eigenvalue weighted by atomic mass is 19.3. The molecule has 2 atom stereocenters. The first-order valence-corrected chi connectivity index (χ1v) is 11.5. The van der Waals surface area contributed by atoms with E-state index in [0.29, 0.717) is 41.4 Å². The fraction of sp³-hybridized carbons (Fsp3) is 0.478. The van der Waals surface area contributed by atoms with Crippen LogP contribution < -0.4 is 14.8 Å². The van der Waals surface area contributed by atoms with Gasteiger partial charge < -0.3 is 19.9 Å². The molecule has 0 saturated heterocycles. The molecule has 1 fully saturated rings. The molecule has 1 saturated carbocycles. The van der Waals surface area contributed by atoms with Crippen LogP contribution in [0.1, 0.15) is 37.1 Å². The SMILES string of the molecule is Cc1nc(-c2nnn(C)c2CNc2nccc(OCC(F)F)n2)ccc1O[C@H]1CCC[C@H](C(=O)O)C1. The molecule has 3 aromatic rings. The summed E-state index contributed by atoms with van der Waals surface area (Å²) in [5.41, 5.74) is 2.50. The predicted octanol–water partition coefficient (Wildman–Crippen LogP) is 3.25. The van der Waals surface area contributed by atoms with Crippen LogP contribution >= 0.6 is 0 Å². The quantitative estimate of drug-likeness (QED) is 0.424. The zero-order valence-corrected chi connectivity index (χ0v) is 19.9. The first-order valence-electron chi connectivity index (χ1n) is 11.5. The highest BCUT2D eigenvalue weighted by molar-refractivity contribution is 5.70. The molecular weight excluding hydrogens is 476 g/mol. The molecule has 3 aromatic heterocycles. The highest BCUT2D eigenvalue weighted by Crippen LogP contribution is 2.30. The summed E-state index contributed by atoms with van der Waals surface area (Å²) in [6, 6.07) is 4.99. The molecule has 1 aliphatic carbocycles. The number of ether oxygens (including phenoxy) is 2. The van der Waals surface area contributed by atoms with Gasteiger partial charge in [-0.3, -0.25) is 4.79 Å². The van der Waals surface area contributed by atoms with E-state index in [1.807, 2.05) is 6.92 Å². The molecule has 4 rings (SSSR count). The fourth-order valence-electron chi connectivity index (χ4n) is 4.05. The lowest BCUT2D eigenvalue weighted by molar-refractivity contribution is -0.143. The van der Waals surface area contributed by atoms with Crippen molar-refractivity contribution in [3.05, 3.63) is 35.8 Å². The van der Waals surface area contributed by atoms with E-state index >= 15 is 0 Å². The van der Waals surface area contributed by atoms with E-state index in [2.05, 4.69) is 30.6 Å². The van der Waals surface area contributed by atoms with E-state index in [9.17, 15) is 18.7 Å². The van der Waals surface area contributed by atoms with Gasteiger partial charge in [0.15, 0.2) is 6.61 Å². The molecule has 0 unspecified atom stereocenters. The average Bonchev–Trinajstić information content (AvgIpc) is 3.23. The Hall–Kier alpha value is -3.90. The summed E-state index contributed by atoms with van der Waals surface area (Å²) in [6.45, 7) is 1.32. The molecule has 36 heavy (non-hydrogen) atoms. The standard InChI is InChI=1S/C23H27F2N7O4/c1-13-18(36-15-5-3-4-14(10-15)22(33)34)7-6-16(28-13)21-17(32(2)31-30-21)11-27-23-26-9-8-20(29-23)35-12-19(24)25/h6-9,14-15,19H,3-5,10-12H2,1-2H3,(H,33,34)(H,26,27,29)/t14-,15-/m0/s1. The van der Waals surface area contributed by atoms with Crippen LogP contribution in [0, 0.1) is 12.8 Å². The molecule has 0 radical (unpaired) electrons. The second-order valence-electron chi connectivity index (χ2n) is 8.50. The van der Waals surface area contributed by atoms with Crippen molar-refractivity contribution < 1.29 is 28.2 Å². The van der Waals surface area contributed by atoms with Crippen molar-refractivity contribution in [3.8, 4) is 23.0 Å². The Bertz CT molecular complexity index is 1210. The average molecular weight is 504 g/mol. The van der Waals surface area contributed by atoms with Crippen molar-refractivity contribution >= 4 is 11.9 Å². The number of alkyl halides is 2. The van der Waals surface area contributed by atoms with Crippen LogP contribution in [0.2, 0.25) is 0 Å². The highest BCUT2D eigenvalue weighted by Gasteiger charge is 2.28. The third kappa shape index (κ3) is 6.20. The lowest BCUT2D eigenvalue weighted by atomic mass is 9.87. The molecule has 1 aliphatic rings. The summed E-state index contributed by atoms with van der Waals surface area (Å²) >= 11 is 0. The second kappa shape index (κ2) is 11.2. The number of hydrogen-bond acceptors (Lipinski definition) is 9. The van der Waals surface area contributed by atoms with Crippen LogP contribution in [-0.4, -0.2) is 60.2 Å². The largest absolute Gasteiger partial charge is 0.489 e. The summed E-state index contributed by atoms with van der Waals surface area (Å²) < 4.78 is 37.4. The van der Waals surface area contributed by atoms with Crippen LogP contribution in [-0.2, 0) is 18.4 Å². The first-order chi connectivity index (χ1) is 17.3. The number of halogens is 2. The van der Waals surface area contributed by atoms with Gasteiger partial charge in [-0.05, 0) is 44.7 Å². The molecule has 0 amide bonds. The Labute approximate surface area is 205 Å². The number of nitrogens with zero attached hydrogens (tertiary/aromatic N) is 6. The van der Waals surface area contributed by atoms with Crippen molar-refractivity contribution in [3.63, 3.8) is 0 Å². The van der Waals surface area contributed by atoms with E-state index in [1.54, 1.807) is 23.9 Å². The first kappa shape index (κ1) is 25.2. The van der Waals surface area contributed by atoms with Gasteiger partial charge in [0.05, 0.1) is 35.6 Å². The number of aliphatic carboxylic acids is 1. The van der Waals surface area contributed by atoms with Crippen LogP contribution in [0.5, 0.6) is 11.6 Å².